The van der Waals surface area contributed by atoms with Crippen molar-refractivity contribution in [1.82, 2.24) is 4.98 Å². The highest BCUT2D eigenvalue weighted by Crippen LogP contribution is 2.28. The number of H-pyrrole nitrogens is 1. The number of aromatic amines is 1. The minimum atomic E-state index is 0.0856. The minimum Gasteiger partial charge on any atom is -0.392 e. The van der Waals surface area contributed by atoms with Crippen LogP contribution >= 0.6 is 0 Å². The van der Waals surface area contributed by atoms with Crippen LogP contribution < -0.4 is 0 Å². The number of aromatic nitrogens is 1. The summed E-state index contributed by atoms with van der Waals surface area (Å²) in [6.07, 6.45) is 0. The lowest BCUT2D eigenvalue weighted by Gasteiger charge is -2.15. The Morgan fingerprint density at radius 1 is 1.19 bits per heavy atom. The number of rotatable bonds is 1. The number of fused-ring (bicyclic) bond motifs is 1. The van der Waals surface area contributed by atoms with Gasteiger partial charge in [0.05, 0.1) is 12.1 Å². The van der Waals surface area contributed by atoms with E-state index < -0.39 is 0 Å². The highest BCUT2D eigenvalue weighted by atomic mass is 16.3. The molecule has 0 aliphatic rings. The maximum Gasteiger partial charge on any atom is 0.0702 e. The van der Waals surface area contributed by atoms with Crippen molar-refractivity contribution >= 4 is 10.9 Å². The molecule has 2 rings (SSSR count). The predicted octanol–water partition coefficient (Wildman–Crippen LogP) is 3.27. The Labute approximate surface area is 96.3 Å². The highest BCUT2D eigenvalue weighted by molar-refractivity contribution is 5.84. The van der Waals surface area contributed by atoms with Gasteiger partial charge in [0.15, 0.2) is 0 Å². The largest absolute Gasteiger partial charge is 0.392 e. The molecule has 0 atom stereocenters. The molecule has 0 amide bonds. The van der Waals surface area contributed by atoms with Crippen LogP contribution in [0.25, 0.3) is 10.9 Å². The summed E-state index contributed by atoms with van der Waals surface area (Å²) in [5, 5.41) is 10.5. The Balaban J connectivity index is 2.70. The summed E-state index contributed by atoms with van der Waals surface area (Å²) in [4.78, 5) is 3.42. The molecule has 2 heteroatoms. The van der Waals surface area contributed by atoms with Crippen LogP contribution in [-0.4, -0.2) is 10.1 Å². The van der Waals surface area contributed by atoms with Crippen LogP contribution in [0.5, 0.6) is 0 Å². The van der Waals surface area contributed by atoms with Gasteiger partial charge >= 0.3 is 0 Å². The van der Waals surface area contributed by atoms with Gasteiger partial charge in [-0.05, 0) is 19.1 Å². The fraction of sp³-hybridized carbons (Fsp3) is 0.429. The van der Waals surface area contributed by atoms with Gasteiger partial charge in [-0.25, -0.2) is 0 Å². The second-order valence-electron chi connectivity index (χ2n) is 5.48. The second kappa shape index (κ2) is 3.63. The maximum absolute atomic E-state index is 9.35. The van der Waals surface area contributed by atoms with Crippen LogP contribution in [0.2, 0.25) is 0 Å². The van der Waals surface area contributed by atoms with Crippen LogP contribution in [0, 0.1) is 6.92 Å². The minimum absolute atomic E-state index is 0.0856. The number of hydrogen-bond donors (Lipinski definition) is 2. The van der Waals surface area contributed by atoms with Crippen molar-refractivity contribution < 1.29 is 5.11 Å². The normalized spacial score (nSPS) is 12.3. The number of hydrogen-bond acceptors (Lipinski definition) is 1. The summed E-state index contributed by atoms with van der Waals surface area (Å²) < 4.78 is 0. The van der Waals surface area contributed by atoms with E-state index in [1.54, 1.807) is 0 Å². The molecule has 0 radical (unpaired) electrons. The summed E-state index contributed by atoms with van der Waals surface area (Å²) in [7, 11) is 0. The molecule has 2 N–H and O–H groups in total. The molecule has 1 aromatic carbocycles. The van der Waals surface area contributed by atoms with E-state index in [0.29, 0.717) is 0 Å². The Bertz CT molecular complexity index is 517. The zero-order valence-corrected chi connectivity index (χ0v) is 10.4. The van der Waals surface area contributed by atoms with E-state index >= 15 is 0 Å². The van der Waals surface area contributed by atoms with Crippen LogP contribution in [-0.2, 0) is 12.0 Å². The maximum atomic E-state index is 9.35. The van der Waals surface area contributed by atoms with Crippen LogP contribution in [0.3, 0.4) is 0 Å². The fourth-order valence-corrected chi connectivity index (χ4v) is 2.01. The Hall–Kier alpha value is -1.28. The number of aliphatic hydroxyl groups is 1. The third-order valence-electron chi connectivity index (χ3n) is 2.93. The standard InChI is InChI=1S/C14H19NO/c1-9-5-10-7-12(14(2,3)4)15-13(10)11(6-9)8-16/h5-7,15-16H,8H2,1-4H3. The van der Waals surface area contributed by atoms with E-state index in [0.717, 1.165) is 11.1 Å². The molecule has 0 aliphatic carbocycles. The second-order valence-corrected chi connectivity index (χ2v) is 5.48. The molecule has 86 valence electrons. The van der Waals surface area contributed by atoms with E-state index in [1.165, 1.54) is 16.6 Å². The fourth-order valence-electron chi connectivity index (χ4n) is 2.01. The van der Waals surface area contributed by atoms with Gasteiger partial charge in [0.25, 0.3) is 0 Å². The van der Waals surface area contributed by atoms with Gasteiger partial charge in [0.2, 0.25) is 0 Å². The van der Waals surface area contributed by atoms with Crippen LogP contribution in [0.1, 0.15) is 37.6 Å². The molecule has 0 saturated carbocycles. The summed E-state index contributed by atoms with van der Waals surface area (Å²) in [6, 6.07) is 6.37. The van der Waals surface area contributed by atoms with Crippen molar-refractivity contribution in [2.24, 2.45) is 0 Å². The first-order chi connectivity index (χ1) is 7.41. The Kier molecular flexibility index (Phi) is 2.55. The van der Waals surface area contributed by atoms with Crippen molar-refractivity contribution in [3.8, 4) is 0 Å². The topological polar surface area (TPSA) is 36.0 Å². The van der Waals surface area contributed by atoms with Gasteiger partial charge in [-0.3, -0.25) is 0 Å². The third-order valence-corrected chi connectivity index (χ3v) is 2.93. The average molecular weight is 217 g/mol. The van der Waals surface area contributed by atoms with Gasteiger partial charge in [-0.2, -0.15) is 0 Å². The number of aryl methyl sites for hydroxylation is 1. The predicted molar refractivity (Wildman–Crippen MR) is 67.7 cm³/mol. The van der Waals surface area contributed by atoms with Crippen LogP contribution in [0.4, 0.5) is 0 Å². The van der Waals surface area contributed by atoms with Crippen LogP contribution in [0.15, 0.2) is 18.2 Å². The lowest BCUT2D eigenvalue weighted by molar-refractivity contribution is 0.283. The number of aliphatic hydroxyl groups excluding tert-OH is 1. The first-order valence-electron chi connectivity index (χ1n) is 5.65. The quantitative estimate of drug-likeness (QED) is 0.755. The van der Waals surface area contributed by atoms with Crippen molar-refractivity contribution in [3.63, 3.8) is 0 Å². The van der Waals surface area contributed by atoms with Crippen molar-refractivity contribution in [2.75, 3.05) is 0 Å². The molecule has 1 heterocycles. The third kappa shape index (κ3) is 1.85. The van der Waals surface area contributed by atoms with E-state index in [1.807, 2.05) is 6.07 Å². The first kappa shape index (κ1) is 11.2. The summed E-state index contributed by atoms with van der Waals surface area (Å²) in [5.41, 5.74) is 4.56. The molecule has 2 nitrogen and oxygen atoms in total. The highest BCUT2D eigenvalue weighted by Gasteiger charge is 2.17. The molecular formula is C14H19NO. The molecular weight excluding hydrogens is 198 g/mol. The van der Waals surface area contributed by atoms with Crippen molar-refractivity contribution in [3.05, 3.63) is 35.0 Å². The van der Waals surface area contributed by atoms with E-state index in [-0.39, 0.29) is 12.0 Å². The molecule has 16 heavy (non-hydrogen) atoms. The lowest BCUT2D eigenvalue weighted by atomic mass is 9.92. The summed E-state index contributed by atoms with van der Waals surface area (Å²) in [6.45, 7) is 8.69. The van der Waals surface area contributed by atoms with Gasteiger partial charge in [0.1, 0.15) is 0 Å². The molecule has 1 aromatic heterocycles. The van der Waals surface area contributed by atoms with E-state index in [9.17, 15) is 5.11 Å². The van der Waals surface area contributed by atoms with Crippen molar-refractivity contribution in [1.29, 1.82) is 0 Å². The Morgan fingerprint density at radius 3 is 2.44 bits per heavy atom. The number of benzene rings is 1. The summed E-state index contributed by atoms with van der Waals surface area (Å²) in [5.74, 6) is 0. The SMILES string of the molecule is Cc1cc(CO)c2[nH]c(C(C)(C)C)cc2c1. The smallest absolute Gasteiger partial charge is 0.0702 e. The van der Waals surface area contributed by atoms with E-state index in [4.69, 9.17) is 0 Å². The van der Waals surface area contributed by atoms with Gasteiger partial charge in [-0.15, -0.1) is 0 Å². The van der Waals surface area contributed by atoms with Gasteiger partial charge < -0.3 is 10.1 Å². The monoisotopic (exact) mass is 217 g/mol. The molecule has 0 aliphatic heterocycles. The Morgan fingerprint density at radius 2 is 1.88 bits per heavy atom. The first-order valence-corrected chi connectivity index (χ1v) is 5.65. The molecule has 0 saturated heterocycles. The number of nitrogens with one attached hydrogen (secondary N) is 1. The average Bonchev–Trinajstić information content (AvgIpc) is 2.59. The molecule has 0 spiro atoms. The molecule has 0 fully saturated rings. The zero-order chi connectivity index (χ0) is 11.9. The molecule has 0 bridgehead atoms. The summed E-state index contributed by atoms with van der Waals surface area (Å²) >= 11 is 0. The van der Waals surface area contributed by atoms with Gasteiger partial charge in [-0.1, -0.05) is 32.4 Å². The molecule has 0 unspecified atom stereocenters. The van der Waals surface area contributed by atoms with Gasteiger partial charge in [0, 0.05) is 22.1 Å². The lowest BCUT2D eigenvalue weighted by Crippen LogP contribution is -2.11. The zero-order valence-electron chi connectivity index (χ0n) is 10.4. The van der Waals surface area contributed by atoms with E-state index in [2.05, 4.69) is 44.8 Å². The molecule has 2 aromatic rings. The van der Waals surface area contributed by atoms with Crippen molar-refractivity contribution in [2.45, 2.75) is 39.7 Å².